The summed E-state index contributed by atoms with van der Waals surface area (Å²) in [7, 11) is 0. The third-order valence-corrected chi connectivity index (χ3v) is 3.02. The van der Waals surface area contributed by atoms with Crippen LogP contribution in [0.25, 0.3) is 0 Å². The minimum Gasteiger partial charge on any atom is -0.462 e. The van der Waals surface area contributed by atoms with Crippen LogP contribution in [0.5, 0.6) is 5.75 Å². The van der Waals surface area contributed by atoms with Crippen molar-refractivity contribution in [1.29, 1.82) is 0 Å². The maximum absolute atomic E-state index is 12.1. The fourth-order valence-corrected chi connectivity index (χ4v) is 1.90. The topological polar surface area (TPSA) is 91.8 Å². The van der Waals surface area contributed by atoms with Crippen LogP contribution in [0.15, 0.2) is 42.5 Å². The average molecular weight is 343 g/mol. The molecule has 0 saturated carbocycles. The molecule has 0 spiro atoms. The van der Waals surface area contributed by atoms with Crippen LogP contribution in [-0.2, 0) is 9.47 Å². The Kier molecular flexibility index (Phi) is 6.22. The lowest BCUT2D eigenvalue weighted by Gasteiger charge is -2.06. The van der Waals surface area contributed by atoms with Crippen molar-refractivity contribution >= 4 is 17.9 Å². The Labute approximate surface area is 144 Å². The largest absolute Gasteiger partial charge is 0.462 e. The van der Waals surface area contributed by atoms with Gasteiger partial charge in [0.15, 0.2) is 0 Å². The van der Waals surface area contributed by atoms with E-state index in [1.54, 1.807) is 13.8 Å². The van der Waals surface area contributed by atoms with Crippen LogP contribution < -0.4 is 4.74 Å². The highest BCUT2D eigenvalue weighted by atomic mass is 16.5. The molecular weight excluding hydrogens is 326 g/mol. The fourth-order valence-electron chi connectivity index (χ4n) is 1.90. The molecule has 0 saturated heterocycles. The number of carbonyl (C=O) groups excluding carboxylic acids is 3. The van der Waals surface area contributed by atoms with E-state index in [0.29, 0.717) is 5.56 Å². The predicted octanol–water partition coefficient (Wildman–Crippen LogP) is 2.65. The van der Waals surface area contributed by atoms with E-state index in [1.165, 1.54) is 42.5 Å². The first-order valence-electron chi connectivity index (χ1n) is 7.68. The summed E-state index contributed by atoms with van der Waals surface area (Å²) in [5.41, 5.74) is 0.345. The number of rotatable bonds is 6. The van der Waals surface area contributed by atoms with Gasteiger partial charge in [-0.15, -0.1) is 0 Å². The van der Waals surface area contributed by atoms with Crippen molar-refractivity contribution < 1.29 is 28.6 Å². The predicted molar refractivity (Wildman–Crippen MR) is 87.6 cm³/mol. The summed E-state index contributed by atoms with van der Waals surface area (Å²) < 4.78 is 14.9. The van der Waals surface area contributed by atoms with Gasteiger partial charge in [-0.05, 0) is 50.2 Å². The molecule has 0 N–H and O–H groups in total. The van der Waals surface area contributed by atoms with Gasteiger partial charge in [-0.25, -0.2) is 19.4 Å². The molecule has 0 unspecified atom stereocenters. The summed E-state index contributed by atoms with van der Waals surface area (Å²) in [6.07, 6.45) is 0. The summed E-state index contributed by atoms with van der Waals surface area (Å²) in [4.78, 5) is 39.3. The number of benzene rings is 1. The van der Waals surface area contributed by atoms with E-state index in [4.69, 9.17) is 14.2 Å². The van der Waals surface area contributed by atoms with Crippen LogP contribution in [0.4, 0.5) is 0 Å². The lowest BCUT2D eigenvalue weighted by molar-refractivity contribution is 0.0512. The minimum atomic E-state index is -0.727. The van der Waals surface area contributed by atoms with Gasteiger partial charge in [0.2, 0.25) is 0 Å². The van der Waals surface area contributed by atoms with Gasteiger partial charge in [-0.1, -0.05) is 6.07 Å². The summed E-state index contributed by atoms with van der Waals surface area (Å²) in [5.74, 6) is -1.56. The van der Waals surface area contributed by atoms with Crippen molar-refractivity contribution in [3.8, 4) is 5.75 Å². The molecule has 1 aromatic heterocycles. The van der Waals surface area contributed by atoms with Crippen molar-refractivity contribution in [2.75, 3.05) is 13.2 Å². The van der Waals surface area contributed by atoms with E-state index in [1.807, 2.05) is 0 Å². The zero-order chi connectivity index (χ0) is 18.2. The molecule has 0 aliphatic rings. The van der Waals surface area contributed by atoms with Gasteiger partial charge >= 0.3 is 17.9 Å². The number of aromatic nitrogens is 1. The first kappa shape index (κ1) is 18.1. The van der Waals surface area contributed by atoms with Crippen molar-refractivity contribution in [2.45, 2.75) is 13.8 Å². The molecule has 130 valence electrons. The summed E-state index contributed by atoms with van der Waals surface area (Å²) in [6.45, 7) is 3.88. The molecule has 2 rings (SSSR count). The molecule has 2 aromatic rings. The monoisotopic (exact) mass is 343 g/mol. The van der Waals surface area contributed by atoms with E-state index in [-0.39, 0.29) is 30.4 Å². The molecule has 0 atom stereocenters. The van der Waals surface area contributed by atoms with Gasteiger partial charge in [0, 0.05) is 0 Å². The maximum Gasteiger partial charge on any atom is 0.362 e. The maximum atomic E-state index is 12.1. The molecule has 0 bridgehead atoms. The van der Waals surface area contributed by atoms with Crippen molar-refractivity contribution in [1.82, 2.24) is 4.98 Å². The normalized spacial score (nSPS) is 10.0. The molecular formula is C18H17NO6. The Balaban J connectivity index is 2.08. The highest BCUT2D eigenvalue weighted by molar-refractivity contribution is 5.93. The Bertz CT molecular complexity index is 769. The van der Waals surface area contributed by atoms with Crippen molar-refractivity contribution in [3.63, 3.8) is 0 Å². The van der Waals surface area contributed by atoms with Crippen LogP contribution in [0.1, 0.15) is 45.2 Å². The van der Waals surface area contributed by atoms with E-state index >= 15 is 0 Å². The standard InChI is InChI=1S/C18H17NO6/c1-3-23-16(20)12-8-10-13(11-9-12)25-18(22)15-7-5-6-14(19-15)17(21)24-4-2/h5-11H,3-4H2,1-2H3. The molecule has 1 heterocycles. The van der Waals surface area contributed by atoms with E-state index < -0.39 is 17.9 Å². The van der Waals surface area contributed by atoms with E-state index in [2.05, 4.69) is 4.98 Å². The Morgan fingerprint density at radius 3 is 1.96 bits per heavy atom. The molecule has 0 aliphatic heterocycles. The molecule has 1 aromatic carbocycles. The molecule has 7 heteroatoms. The summed E-state index contributed by atoms with van der Waals surface area (Å²) in [6, 6.07) is 10.3. The lowest BCUT2D eigenvalue weighted by atomic mass is 10.2. The minimum absolute atomic E-state index is 0.0222. The first-order chi connectivity index (χ1) is 12.0. The number of esters is 3. The van der Waals surface area contributed by atoms with Gasteiger partial charge in [-0.3, -0.25) is 0 Å². The number of pyridine rings is 1. The number of hydrogen-bond acceptors (Lipinski definition) is 7. The second-order valence-electron chi connectivity index (χ2n) is 4.76. The number of ether oxygens (including phenoxy) is 3. The first-order valence-corrected chi connectivity index (χ1v) is 7.68. The zero-order valence-corrected chi connectivity index (χ0v) is 13.9. The van der Waals surface area contributed by atoms with Crippen LogP contribution in [-0.4, -0.2) is 36.1 Å². The smallest absolute Gasteiger partial charge is 0.362 e. The lowest BCUT2D eigenvalue weighted by Crippen LogP contribution is -2.14. The molecule has 0 fully saturated rings. The highest BCUT2D eigenvalue weighted by Gasteiger charge is 2.15. The number of nitrogens with zero attached hydrogens (tertiary/aromatic N) is 1. The molecule has 0 radical (unpaired) electrons. The van der Waals surface area contributed by atoms with Gasteiger partial charge in [0.1, 0.15) is 17.1 Å². The second-order valence-corrected chi connectivity index (χ2v) is 4.76. The molecule has 7 nitrogen and oxygen atoms in total. The van der Waals surface area contributed by atoms with Crippen molar-refractivity contribution in [2.24, 2.45) is 0 Å². The van der Waals surface area contributed by atoms with Gasteiger partial charge in [0.05, 0.1) is 18.8 Å². The fraction of sp³-hybridized carbons (Fsp3) is 0.222. The zero-order valence-electron chi connectivity index (χ0n) is 13.9. The van der Waals surface area contributed by atoms with E-state index in [0.717, 1.165) is 0 Å². The number of carbonyl (C=O) groups is 3. The highest BCUT2D eigenvalue weighted by Crippen LogP contribution is 2.15. The summed E-state index contributed by atoms with van der Waals surface area (Å²) >= 11 is 0. The molecule has 25 heavy (non-hydrogen) atoms. The van der Waals surface area contributed by atoms with Crippen LogP contribution in [0.2, 0.25) is 0 Å². The van der Waals surface area contributed by atoms with E-state index in [9.17, 15) is 14.4 Å². The summed E-state index contributed by atoms with van der Waals surface area (Å²) in [5, 5.41) is 0. The third kappa shape index (κ3) is 4.87. The van der Waals surface area contributed by atoms with Gasteiger partial charge in [-0.2, -0.15) is 0 Å². The van der Waals surface area contributed by atoms with Crippen molar-refractivity contribution in [3.05, 3.63) is 59.4 Å². The Morgan fingerprint density at radius 2 is 1.36 bits per heavy atom. The second kappa shape index (κ2) is 8.58. The molecule has 0 amide bonds. The average Bonchev–Trinajstić information content (AvgIpc) is 2.63. The number of hydrogen-bond donors (Lipinski definition) is 0. The SMILES string of the molecule is CCOC(=O)c1ccc(OC(=O)c2cccc(C(=O)OCC)n2)cc1. The van der Waals surface area contributed by atoms with Crippen LogP contribution in [0, 0.1) is 0 Å². The molecule has 0 aliphatic carbocycles. The van der Waals surface area contributed by atoms with Gasteiger partial charge < -0.3 is 14.2 Å². The third-order valence-electron chi connectivity index (χ3n) is 3.02. The van der Waals surface area contributed by atoms with Crippen LogP contribution in [0.3, 0.4) is 0 Å². The Morgan fingerprint density at radius 1 is 0.800 bits per heavy atom. The van der Waals surface area contributed by atoms with Gasteiger partial charge in [0.25, 0.3) is 0 Å². The van der Waals surface area contributed by atoms with Crippen LogP contribution >= 0.6 is 0 Å². The Hall–Kier alpha value is -3.22. The quantitative estimate of drug-likeness (QED) is 0.588.